The van der Waals surface area contributed by atoms with Gasteiger partial charge in [0.25, 0.3) is 5.91 Å². The first-order valence-electron chi connectivity index (χ1n) is 5.54. The Bertz CT molecular complexity index is 574. The Balaban J connectivity index is 2.00. The monoisotopic (exact) mass is 250 g/mol. The molecule has 5 nitrogen and oxygen atoms in total. The van der Waals surface area contributed by atoms with Gasteiger partial charge in [-0.05, 0) is 18.9 Å². The number of likely N-dealkylation sites (tertiary alicyclic amines) is 1. The minimum atomic E-state index is 0.0107. The normalized spacial score (nSPS) is 15.7. The number of nitrogens with one attached hydrogen (secondary N) is 1. The summed E-state index contributed by atoms with van der Waals surface area (Å²) in [5.41, 5.74) is 1.14. The highest BCUT2D eigenvalue weighted by Crippen LogP contribution is 2.21. The van der Waals surface area contributed by atoms with E-state index in [1.165, 1.54) is 6.33 Å². The van der Waals surface area contributed by atoms with E-state index in [9.17, 15) is 4.79 Å². The Morgan fingerprint density at radius 1 is 1.35 bits per heavy atom. The Labute approximate surface area is 103 Å². The molecule has 3 heterocycles. The van der Waals surface area contributed by atoms with Crippen LogP contribution in [0.5, 0.6) is 0 Å². The van der Waals surface area contributed by atoms with Crippen molar-refractivity contribution in [2.45, 2.75) is 12.8 Å². The van der Waals surface area contributed by atoms with Gasteiger partial charge in [0.15, 0.2) is 0 Å². The number of aromatic nitrogens is 3. The molecule has 6 heteroatoms. The number of amides is 1. The Morgan fingerprint density at radius 3 is 2.82 bits per heavy atom. The number of rotatable bonds is 1. The summed E-state index contributed by atoms with van der Waals surface area (Å²) < 4.78 is 0. The van der Waals surface area contributed by atoms with E-state index in [2.05, 4.69) is 15.0 Å². The highest BCUT2D eigenvalue weighted by atomic mass is 35.5. The van der Waals surface area contributed by atoms with Gasteiger partial charge in [0.1, 0.15) is 22.8 Å². The summed E-state index contributed by atoms with van der Waals surface area (Å²) in [6, 6.07) is 1.72. The van der Waals surface area contributed by atoms with Crippen LogP contribution >= 0.6 is 11.6 Å². The molecule has 1 N–H and O–H groups in total. The molecule has 0 aromatic carbocycles. The average molecular weight is 251 g/mol. The lowest BCUT2D eigenvalue weighted by atomic mass is 10.3. The van der Waals surface area contributed by atoms with Gasteiger partial charge < -0.3 is 9.88 Å². The molecule has 2 aromatic heterocycles. The molecular weight excluding hydrogens is 240 g/mol. The van der Waals surface area contributed by atoms with Gasteiger partial charge >= 0.3 is 0 Å². The van der Waals surface area contributed by atoms with Crippen molar-refractivity contribution in [2.24, 2.45) is 0 Å². The smallest absolute Gasteiger partial charge is 0.270 e. The fourth-order valence-corrected chi connectivity index (χ4v) is 2.30. The third kappa shape index (κ3) is 1.76. The molecule has 3 rings (SSSR count). The lowest BCUT2D eigenvalue weighted by Crippen LogP contribution is -2.27. The number of carbonyl (C=O) groups is 1. The quantitative estimate of drug-likeness (QED) is 0.786. The van der Waals surface area contributed by atoms with Crippen LogP contribution in [0.25, 0.3) is 11.0 Å². The van der Waals surface area contributed by atoms with Crippen molar-refractivity contribution < 1.29 is 4.79 Å². The van der Waals surface area contributed by atoms with Gasteiger partial charge in [0, 0.05) is 13.1 Å². The third-order valence-electron chi connectivity index (χ3n) is 3.00. The predicted molar refractivity (Wildman–Crippen MR) is 64.0 cm³/mol. The van der Waals surface area contributed by atoms with Gasteiger partial charge in [0.05, 0.1) is 5.39 Å². The fraction of sp³-hybridized carbons (Fsp3) is 0.364. The molecule has 88 valence electrons. The summed E-state index contributed by atoms with van der Waals surface area (Å²) in [6.07, 6.45) is 3.53. The number of hydrogen-bond donors (Lipinski definition) is 1. The number of hydrogen-bond acceptors (Lipinski definition) is 3. The number of carbonyl (C=O) groups excluding carboxylic acids is 1. The topological polar surface area (TPSA) is 61.9 Å². The van der Waals surface area contributed by atoms with Crippen LogP contribution in [0.4, 0.5) is 0 Å². The van der Waals surface area contributed by atoms with E-state index in [0.29, 0.717) is 21.9 Å². The van der Waals surface area contributed by atoms with E-state index >= 15 is 0 Å². The summed E-state index contributed by atoms with van der Waals surface area (Å²) in [7, 11) is 0. The SMILES string of the molecule is O=C(c1cc2c(Cl)ncnc2[nH]1)N1CCCC1. The van der Waals surface area contributed by atoms with Crippen LogP contribution in [0.3, 0.4) is 0 Å². The molecule has 0 atom stereocenters. The summed E-state index contributed by atoms with van der Waals surface area (Å²) in [6.45, 7) is 1.65. The first-order valence-corrected chi connectivity index (χ1v) is 5.92. The Morgan fingerprint density at radius 2 is 2.12 bits per heavy atom. The molecule has 0 bridgehead atoms. The largest absolute Gasteiger partial charge is 0.337 e. The number of H-pyrrole nitrogens is 1. The van der Waals surface area contributed by atoms with Crippen LogP contribution in [-0.4, -0.2) is 38.8 Å². The van der Waals surface area contributed by atoms with Crippen LogP contribution in [-0.2, 0) is 0 Å². The van der Waals surface area contributed by atoms with E-state index in [4.69, 9.17) is 11.6 Å². The average Bonchev–Trinajstić information content (AvgIpc) is 2.98. The van der Waals surface area contributed by atoms with Crippen molar-refractivity contribution in [1.29, 1.82) is 0 Å². The van der Waals surface area contributed by atoms with Crippen LogP contribution in [0, 0.1) is 0 Å². The number of nitrogens with zero attached hydrogens (tertiary/aromatic N) is 3. The lowest BCUT2D eigenvalue weighted by Gasteiger charge is -2.13. The van der Waals surface area contributed by atoms with Crippen molar-refractivity contribution in [1.82, 2.24) is 19.9 Å². The van der Waals surface area contributed by atoms with Crippen molar-refractivity contribution in [3.8, 4) is 0 Å². The van der Waals surface area contributed by atoms with Crippen molar-refractivity contribution in [2.75, 3.05) is 13.1 Å². The molecular formula is C11H11ClN4O. The fourth-order valence-electron chi connectivity index (χ4n) is 2.12. The molecule has 2 aromatic rings. The van der Waals surface area contributed by atoms with E-state index < -0.39 is 0 Å². The highest BCUT2D eigenvalue weighted by molar-refractivity contribution is 6.34. The lowest BCUT2D eigenvalue weighted by molar-refractivity contribution is 0.0788. The maximum absolute atomic E-state index is 12.1. The molecule has 0 unspecified atom stereocenters. The Hall–Kier alpha value is -1.62. The number of halogens is 1. The molecule has 1 saturated heterocycles. The molecule has 0 spiro atoms. The summed E-state index contributed by atoms with van der Waals surface area (Å²) in [5.74, 6) is 0.0107. The maximum Gasteiger partial charge on any atom is 0.270 e. The second-order valence-electron chi connectivity index (χ2n) is 4.11. The van der Waals surface area contributed by atoms with E-state index in [1.807, 2.05) is 4.90 Å². The molecule has 0 saturated carbocycles. The summed E-state index contributed by atoms with van der Waals surface area (Å²) >= 11 is 5.94. The Kier molecular flexibility index (Phi) is 2.48. The first kappa shape index (κ1) is 10.5. The first-order chi connectivity index (χ1) is 8.25. The molecule has 1 aliphatic rings. The maximum atomic E-state index is 12.1. The van der Waals surface area contributed by atoms with Gasteiger partial charge in [-0.2, -0.15) is 0 Å². The van der Waals surface area contributed by atoms with Gasteiger partial charge in [0.2, 0.25) is 0 Å². The predicted octanol–water partition coefficient (Wildman–Crippen LogP) is 1.85. The van der Waals surface area contributed by atoms with Crippen LogP contribution in [0.2, 0.25) is 5.15 Å². The summed E-state index contributed by atoms with van der Waals surface area (Å²) in [4.78, 5) is 24.9. The molecule has 17 heavy (non-hydrogen) atoms. The minimum absolute atomic E-state index is 0.0107. The summed E-state index contributed by atoms with van der Waals surface area (Å²) in [5, 5.41) is 1.06. The van der Waals surface area contributed by atoms with Gasteiger partial charge in [-0.3, -0.25) is 4.79 Å². The molecule has 1 amide bonds. The second-order valence-corrected chi connectivity index (χ2v) is 4.47. The van der Waals surface area contributed by atoms with Gasteiger partial charge in [-0.25, -0.2) is 9.97 Å². The van der Waals surface area contributed by atoms with Crippen LogP contribution < -0.4 is 0 Å². The second kappa shape index (κ2) is 4.00. The number of aromatic amines is 1. The van der Waals surface area contributed by atoms with Gasteiger partial charge in [-0.1, -0.05) is 11.6 Å². The standard InChI is InChI=1S/C11H11ClN4O/c12-9-7-5-8(15-10(7)14-6-13-9)11(17)16-3-1-2-4-16/h5-6H,1-4H2,(H,13,14,15). The number of fused-ring (bicyclic) bond motifs is 1. The van der Waals surface area contributed by atoms with Crippen molar-refractivity contribution in [3.63, 3.8) is 0 Å². The van der Waals surface area contributed by atoms with Gasteiger partial charge in [-0.15, -0.1) is 0 Å². The molecule has 1 fully saturated rings. The minimum Gasteiger partial charge on any atom is -0.337 e. The molecule has 0 aliphatic carbocycles. The molecule has 0 radical (unpaired) electrons. The van der Waals surface area contributed by atoms with Crippen LogP contribution in [0.15, 0.2) is 12.4 Å². The van der Waals surface area contributed by atoms with Crippen LogP contribution in [0.1, 0.15) is 23.3 Å². The third-order valence-corrected chi connectivity index (χ3v) is 3.30. The highest BCUT2D eigenvalue weighted by Gasteiger charge is 2.21. The van der Waals surface area contributed by atoms with Crippen molar-refractivity contribution >= 4 is 28.5 Å². The zero-order chi connectivity index (χ0) is 11.8. The van der Waals surface area contributed by atoms with E-state index in [-0.39, 0.29) is 5.91 Å². The van der Waals surface area contributed by atoms with E-state index in [0.717, 1.165) is 25.9 Å². The molecule has 1 aliphatic heterocycles. The zero-order valence-corrected chi connectivity index (χ0v) is 9.87. The van der Waals surface area contributed by atoms with Crippen molar-refractivity contribution in [3.05, 3.63) is 23.2 Å². The zero-order valence-electron chi connectivity index (χ0n) is 9.11. The van der Waals surface area contributed by atoms with E-state index in [1.54, 1.807) is 6.07 Å².